The van der Waals surface area contributed by atoms with E-state index in [9.17, 15) is 9.59 Å². The van der Waals surface area contributed by atoms with E-state index < -0.39 is 11.6 Å². The summed E-state index contributed by atoms with van der Waals surface area (Å²) in [6, 6.07) is 3.04. The number of halogens is 1. The average Bonchev–Trinajstić information content (AvgIpc) is 2.34. The molecule has 0 saturated carbocycles. The van der Waals surface area contributed by atoms with Crippen LogP contribution in [0.15, 0.2) is 12.1 Å². The molecule has 0 aliphatic heterocycles. The molecule has 1 rings (SSSR count). The molecule has 0 aliphatic rings. The fourth-order valence-electron chi connectivity index (χ4n) is 1.52. The summed E-state index contributed by atoms with van der Waals surface area (Å²) in [7, 11) is 1.45. The van der Waals surface area contributed by atoms with Gasteiger partial charge < -0.3 is 14.8 Å². The summed E-state index contributed by atoms with van der Waals surface area (Å²) in [5.74, 6) is -0.0110. The monoisotopic (exact) mass is 299 g/mol. The van der Waals surface area contributed by atoms with Crippen LogP contribution in [0.1, 0.15) is 31.1 Å². The molecule has 0 aromatic heterocycles. The zero-order valence-electron chi connectivity index (χ0n) is 12.0. The Labute approximate surface area is 123 Å². The summed E-state index contributed by atoms with van der Waals surface area (Å²) in [5.41, 5.74) is 0.307. The van der Waals surface area contributed by atoms with Gasteiger partial charge in [-0.05, 0) is 26.8 Å². The maximum absolute atomic E-state index is 11.6. The molecule has 0 aliphatic carbocycles. The molecule has 110 valence electrons. The quantitative estimate of drug-likeness (QED) is 0.669. The molecule has 1 N–H and O–H groups in total. The number of hydrogen-bond donors (Lipinski definition) is 1. The molecule has 0 unspecified atom stereocenters. The lowest BCUT2D eigenvalue weighted by atomic mass is 10.2. The lowest BCUT2D eigenvalue weighted by molar-refractivity contribution is -0.152. The molecular formula is C14H18ClNO4. The number of anilines is 1. The number of aldehydes is 1. The van der Waals surface area contributed by atoms with Gasteiger partial charge in [0.25, 0.3) is 0 Å². The van der Waals surface area contributed by atoms with Crippen molar-refractivity contribution in [3.63, 3.8) is 0 Å². The number of rotatable bonds is 5. The van der Waals surface area contributed by atoms with E-state index in [1.807, 2.05) is 0 Å². The van der Waals surface area contributed by atoms with Crippen LogP contribution in [-0.2, 0) is 9.53 Å². The zero-order chi connectivity index (χ0) is 15.3. The van der Waals surface area contributed by atoms with Gasteiger partial charge in [0.15, 0.2) is 6.29 Å². The highest BCUT2D eigenvalue weighted by molar-refractivity contribution is 6.33. The predicted molar refractivity (Wildman–Crippen MR) is 77.7 cm³/mol. The molecule has 0 amide bonds. The van der Waals surface area contributed by atoms with E-state index in [2.05, 4.69) is 5.32 Å². The first-order valence-electron chi connectivity index (χ1n) is 6.05. The highest BCUT2D eigenvalue weighted by Crippen LogP contribution is 2.29. The zero-order valence-corrected chi connectivity index (χ0v) is 12.7. The molecule has 6 heteroatoms. The topological polar surface area (TPSA) is 64.6 Å². The van der Waals surface area contributed by atoms with Crippen LogP contribution in [0.25, 0.3) is 0 Å². The number of esters is 1. The summed E-state index contributed by atoms with van der Waals surface area (Å²) in [5, 5.41) is 3.19. The van der Waals surface area contributed by atoms with Crippen LogP contribution in [0.3, 0.4) is 0 Å². The molecular weight excluding hydrogens is 282 g/mol. The Kier molecular flexibility index (Phi) is 5.39. The number of carbonyl (C=O) groups excluding carboxylic acids is 2. The second kappa shape index (κ2) is 6.61. The number of carbonyl (C=O) groups is 2. The lowest BCUT2D eigenvalue weighted by Crippen LogP contribution is -2.28. The Bertz CT molecular complexity index is 509. The van der Waals surface area contributed by atoms with Gasteiger partial charge in [-0.25, -0.2) is 0 Å². The Morgan fingerprint density at radius 2 is 2.05 bits per heavy atom. The van der Waals surface area contributed by atoms with Crippen molar-refractivity contribution in [1.29, 1.82) is 0 Å². The maximum atomic E-state index is 11.6. The van der Waals surface area contributed by atoms with Gasteiger partial charge in [-0.1, -0.05) is 11.6 Å². The van der Waals surface area contributed by atoms with Crippen molar-refractivity contribution in [2.24, 2.45) is 0 Å². The third-order valence-electron chi connectivity index (χ3n) is 2.29. The van der Waals surface area contributed by atoms with Crippen LogP contribution >= 0.6 is 11.6 Å². The summed E-state index contributed by atoms with van der Waals surface area (Å²) in [4.78, 5) is 22.4. The summed E-state index contributed by atoms with van der Waals surface area (Å²) in [6.07, 6.45) is 0.655. The Morgan fingerprint density at radius 3 is 2.55 bits per heavy atom. The molecule has 1 aromatic carbocycles. The minimum atomic E-state index is -0.540. The van der Waals surface area contributed by atoms with Gasteiger partial charge in [0.2, 0.25) is 0 Å². The molecule has 1 aromatic rings. The minimum Gasteiger partial charge on any atom is -0.496 e. The summed E-state index contributed by atoms with van der Waals surface area (Å²) in [6.45, 7) is 5.35. The molecule has 0 bridgehead atoms. The minimum absolute atomic E-state index is 0.0272. The van der Waals surface area contributed by atoms with E-state index in [-0.39, 0.29) is 6.54 Å². The average molecular weight is 300 g/mol. The Balaban J connectivity index is 2.78. The third-order valence-corrected chi connectivity index (χ3v) is 2.60. The predicted octanol–water partition coefficient (Wildman–Crippen LogP) is 2.91. The number of methoxy groups -OCH3 is 1. The standard InChI is InChI=1S/C14H18ClNO4/c1-14(2,3)20-13(18)7-16-11-6-12(19-4)9(8-17)5-10(11)15/h5-6,8,16H,7H2,1-4H3. The fraction of sp³-hybridized carbons (Fsp3) is 0.429. The van der Waals surface area contributed by atoms with Crippen molar-refractivity contribution in [3.05, 3.63) is 22.7 Å². The van der Waals surface area contributed by atoms with E-state index in [0.717, 1.165) is 0 Å². The second-order valence-corrected chi connectivity index (χ2v) is 5.54. The SMILES string of the molecule is COc1cc(NCC(=O)OC(C)(C)C)c(Cl)cc1C=O. The first-order valence-corrected chi connectivity index (χ1v) is 6.43. The number of benzene rings is 1. The third kappa shape index (κ3) is 4.74. The van der Waals surface area contributed by atoms with Gasteiger partial charge >= 0.3 is 5.97 Å². The Hall–Kier alpha value is -1.75. The normalized spacial score (nSPS) is 10.8. The highest BCUT2D eigenvalue weighted by Gasteiger charge is 2.16. The van der Waals surface area contributed by atoms with Gasteiger partial charge in [0.1, 0.15) is 17.9 Å². The van der Waals surface area contributed by atoms with Gasteiger partial charge in [-0.3, -0.25) is 9.59 Å². The van der Waals surface area contributed by atoms with E-state index in [4.69, 9.17) is 21.1 Å². The Morgan fingerprint density at radius 1 is 1.40 bits per heavy atom. The second-order valence-electron chi connectivity index (χ2n) is 5.13. The van der Waals surface area contributed by atoms with Crippen LogP contribution in [-0.4, -0.2) is 31.5 Å². The first-order chi connectivity index (χ1) is 9.26. The van der Waals surface area contributed by atoms with Crippen molar-refractivity contribution in [2.75, 3.05) is 19.0 Å². The van der Waals surface area contributed by atoms with Crippen LogP contribution in [0, 0.1) is 0 Å². The maximum Gasteiger partial charge on any atom is 0.325 e. The first kappa shape index (κ1) is 16.3. The van der Waals surface area contributed by atoms with Crippen LogP contribution in [0.5, 0.6) is 5.75 Å². The highest BCUT2D eigenvalue weighted by atomic mass is 35.5. The molecule has 0 spiro atoms. The lowest BCUT2D eigenvalue weighted by Gasteiger charge is -2.20. The van der Waals surface area contributed by atoms with Crippen molar-refractivity contribution < 1.29 is 19.1 Å². The van der Waals surface area contributed by atoms with Crippen molar-refractivity contribution >= 4 is 29.5 Å². The van der Waals surface area contributed by atoms with Crippen LogP contribution < -0.4 is 10.1 Å². The summed E-state index contributed by atoms with van der Waals surface area (Å²) < 4.78 is 10.2. The molecule has 20 heavy (non-hydrogen) atoms. The number of nitrogens with one attached hydrogen (secondary N) is 1. The van der Waals surface area contributed by atoms with Crippen molar-refractivity contribution in [3.8, 4) is 5.75 Å². The largest absolute Gasteiger partial charge is 0.496 e. The van der Waals surface area contributed by atoms with Crippen LogP contribution in [0.4, 0.5) is 5.69 Å². The molecule has 0 atom stereocenters. The van der Waals surface area contributed by atoms with E-state index in [1.165, 1.54) is 13.2 Å². The molecule has 0 fully saturated rings. The van der Waals surface area contributed by atoms with Gasteiger partial charge in [-0.2, -0.15) is 0 Å². The molecule has 5 nitrogen and oxygen atoms in total. The number of hydrogen-bond acceptors (Lipinski definition) is 5. The molecule has 0 saturated heterocycles. The van der Waals surface area contributed by atoms with Gasteiger partial charge in [-0.15, -0.1) is 0 Å². The van der Waals surface area contributed by atoms with Crippen molar-refractivity contribution in [2.45, 2.75) is 26.4 Å². The van der Waals surface area contributed by atoms with Crippen molar-refractivity contribution in [1.82, 2.24) is 0 Å². The smallest absolute Gasteiger partial charge is 0.325 e. The van der Waals surface area contributed by atoms with Gasteiger partial charge in [0, 0.05) is 6.07 Å². The fourth-order valence-corrected chi connectivity index (χ4v) is 1.76. The van der Waals surface area contributed by atoms with Gasteiger partial charge in [0.05, 0.1) is 23.4 Å². The van der Waals surface area contributed by atoms with Crippen LogP contribution in [0.2, 0.25) is 5.02 Å². The number of ether oxygens (including phenoxy) is 2. The molecule has 0 heterocycles. The van der Waals surface area contributed by atoms with E-state index in [0.29, 0.717) is 28.3 Å². The molecule has 0 radical (unpaired) electrons. The summed E-state index contributed by atoms with van der Waals surface area (Å²) >= 11 is 6.02. The van der Waals surface area contributed by atoms with E-state index in [1.54, 1.807) is 26.8 Å². The van der Waals surface area contributed by atoms with E-state index >= 15 is 0 Å².